The predicted octanol–water partition coefficient (Wildman–Crippen LogP) is 3.98. The van der Waals surface area contributed by atoms with Crippen molar-refractivity contribution in [1.29, 1.82) is 0 Å². The summed E-state index contributed by atoms with van der Waals surface area (Å²) in [5.74, 6) is 1.25. The summed E-state index contributed by atoms with van der Waals surface area (Å²) >= 11 is 0. The van der Waals surface area contributed by atoms with Gasteiger partial charge in [-0.3, -0.25) is 13.6 Å². The van der Waals surface area contributed by atoms with E-state index in [2.05, 4.69) is 0 Å². The van der Waals surface area contributed by atoms with Crippen LogP contribution in [0, 0.1) is 0 Å². The molecule has 0 bridgehead atoms. The number of ether oxygens (including phenoxy) is 1. The van der Waals surface area contributed by atoms with Crippen LogP contribution in [-0.4, -0.2) is 48.1 Å². The highest BCUT2D eigenvalue weighted by molar-refractivity contribution is 8.76. The van der Waals surface area contributed by atoms with Crippen LogP contribution in [0.4, 0.5) is 0 Å². The molecule has 0 saturated carbocycles. The molecule has 0 heterocycles. The van der Waals surface area contributed by atoms with Crippen LogP contribution in [0.2, 0.25) is 0 Å². The Balaban J connectivity index is 2.10. The summed E-state index contributed by atoms with van der Waals surface area (Å²) in [5.41, 5.74) is 0.344. The standard InChI is InChI=1S/C15H25O7PS2/c1-3-20-23(18,21-4-2)22-10-12-25-24-11-9-19-15(17)13-7-5-6-8-14(13)16/h5-8,15-17H,3-4,9-12H2,1-2H3. The lowest BCUT2D eigenvalue weighted by molar-refractivity contribution is -0.0979. The van der Waals surface area contributed by atoms with Crippen LogP contribution >= 0.6 is 29.4 Å². The molecule has 1 aromatic carbocycles. The van der Waals surface area contributed by atoms with E-state index in [1.165, 1.54) is 27.7 Å². The summed E-state index contributed by atoms with van der Waals surface area (Å²) in [6.07, 6.45) is -1.15. The number of phenolic OH excluding ortho intramolecular Hbond substituents is 1. The van der Waals surface area contributed by atoms with Crippen molar-refractivity contribution in [3.05, 3.63) is 29.8 Å². The van der Waals surface area contributed by atoms with Crippen molar-refractivity contribution in [2.45, 2.75) is 20.1 Å². The van der Waals surface area contributed by atoms with E-state index in [0.717, 1.165) is 0 Å². The fourth-order valence-electron chi connectivity index (χ4n) is 1.71. The zero-order valence-corrected chi connectivity index (χ0v) is 16.9. The van der Waals surface area contributed by atoms with Gasteiger partial charge in [-0.2, -0.15) is 0 Å². The zero-order chi connectivity index (χ0) is 18.5. The maximum atomic E-state index is 12.0. The van der Waals surface area contributed by atoms with Gasteiger partial charge in [-0.05, 0) is 19.9 Å². The maximum absolute atomic E-state index is 12.0. The second kappa shape index (κ2) is 13.0. The number of aliphatic hydroxyl groups is 1. The van der Waals surface area contributed by atoms with E-state index in [9.17, 15) is 14.8 Å². The summed E-state index contributed by atoms with van der Waals surface area (Å²) in [7, 11) is -0.369. The Labute approximate surface area is 156 Å². The summed E-state index contributed by atoms with van der Waals surface area (Å²) in [5, 5.41) is 19.5. The van der Waals surface area contributed by atoms with Crippen molar-refractivity contribution in [3.63, 3.8) is 0 Å². The van der Waals surface area contributed by atoms with Crippen LogP contribution < -0.4 is 0 Å². The molecular weight excluding hydrogens is 387 g/mol. The lowest BCUT2D eigenvalue weighted by Crippen LogP contribution is -2.06. The molecule has 25 heavy (non-hydrogen) atoms. The first-order chi connectivity index (χ1) is 12.0. The van der Waals surface area contributed by atoms with Crippen molar-refractivity contribution in [3.8, 4) is 5.75 Å². The van der Waals surface area contributed by atoms with Gasteiger partial charge < -0.3 is 14.9 Å². The van der Waals surface area contributed by atoms with Gasteiger partial charge in [0.05, 0.1) is 26.4 Å². The Hall–Kier alpha value is -0.250. The molecule has 1 aromatic rings. The van der Waals surface area contributed by atoms with Gasteiger partial charge in [-0.25, -0.2) is 4.57 Å². The number of aliphatic hydroxyl groups excluding tert-OH is 1. The van der Waals surface area contributed by atoms with Crippen molar-refractivity contribution in [1.82, 2.24) is 0 Å². The number of phosphoric ester groups is 1. The number of hydrogen-bond acceptors (Lipinski definition) is 9. The summed E-state index contributed by atoms with van der Waals surface area (Å²) in [4.78, 5) is 0. The second-order valence-electron chi connectivity index (χ2n) is 4.54. The molecule has 0 fully saturated rings. The Morgan fingerprint density at radius 2 is 1.64 bits per heavy atom. The molecule has 0 aromatic heterocycles. The highest BCUT2D eigenvalue weighted by Crippen LogP contribution is 2.49. The fraction of sp³-hybridized carbons (Fsp3) is 0.600. The highest BCUT2D eigenvalue weighted by Gasteiger charge is 2.24. The number of hydrogen-bond donors (Lipinski definition) is 2. The Kier molecular flexibility index (Phi) is 11.9. The molecule has 1 atom stereocenters. The number of benzene rings is 1. The molecule has 0 spiro atoms. The topological polar surface area (TPSA) is 94.5 Å². The van der Waals surface area contributed by atoms with E-state index in [0.29, 0.717) is 23.7 Å². The van der Waals surface area contributed by atoms with Gasteiger partial charge in [0.2, 0.25) is 0 Å². The zero-order valence-electron chi connectivity index (χ0n) is 14.3. The molecular formula is C15H25O7PS2. The summed E-state index contributed by atoms with van der Waals surface area (Å²) < 4.78 is 32.6. The minimum atomic E-state index is -3.44. The fourth-order valence-corrected chi connectivity index (χ4v) is 4.67. The van der Waals surface area contributed by atoms with Gasteiger partial charge in [0.1, 0.15) is 5.75 Å². The Morgan fingerprint density at radius 3 is 2.24 bits per heavy atom. The van der Waals surface area contributed by atoms with Crippen molar-refractivity contribution < 1.29 is 33.1 Å². The Morgan fingerprint density at radius 1 is 1.04 bits per heavy atom. The number of phosphoric acid groups is 1. The van der Waals surface area contributed by atoms with E-state index < -0.39 is 14.1 Å². The third-order valence-electron chi connectivity index (χ3n) is 2.72. The van der Waals surface area contributed by atoms with E-state index in [-0.39, 0.29) is 25.6 Å². The second-order valence-corrected chi connectivity index (χ2v) is 8.91. The van der Waals surface area contributed by atoms with E-state index in [4.69, 9.17) is 18.3 Å². The molecule has 1 unspecified atom stereocenters. The first kappa shape index (κ1) is 22.8. The molecule has 7 nitrogen and oxygen atoms in total. The van der Waals surface area contributed by atoms with Crippen molar-refractivity contribution >= 4 is 29.4 Å². The first-order valence-electron chi connectivity index (χ1n) is 7.88. The summed E-state index contributed by atoms with van der Waals surface area (Å²) in [6.45, 7) is 4.54. The highest BCUT2D eigenvalue weighted by atomic mass is 33.1. The molecule has 0 radical (unpaired) electrons. The van der Waals surface area contributed by atoms with E-state index in [1.807, 2.05) is 0 Å². The average Bonchev–Trinajstić information content (AvgIpc) is 2.58. The van der Waals surface area contributed by atoms with Gasteiger partial charge in [0.15, 0.2) is 6.29 Å². The summed E-state index contributed by atoms with van der Waals surface area (Å²) in [6, 6.07) is 6.50. The number of para-hydroxylation sites is 1. The van der Waals surface area contributed by atoms with Crippen LogP contribution in [0.1, 0.15) is 25.7 Å². The predicted molar refractivity (Wildman–Crippen MR) is 101 cm³/mol. The lowest BCUT2D eigenvalue weighted by Gasteiger charge is -2.16. The molecule has 0 aliphatic heterocycles. The minimum absolute atomic E-state index is 0.00204. The molecule has 10 heteroatoms. The normalized spacial score (nSPS) is 13.1. The third-order valence-corrected chi connectivity index (χ3v) is 6.70. The number of phenols is 1. The van der Waals surface area contributed by atoms with Crippen LogP contribution in [0.15, 0.2) is 24.3 Å². The quantitative estimate of drug-likeness (QED) is 0.204. The molecule has 0 aliphatic rings. The minimum Gasteiger partial charge on any atom is -0.507 e. The van der Waals surface area contributed by atoms with Crippen molar-refractivity contribution in [2.24, 2.45) is 0 Å². The van der Waals surface area contributed by atoms with Gasteiger partial charge in [-0.1, -0.05) is 39.8 Å². The molecule has 2 N–H and O–H groups in total. The maximum Gasteiger partial charge on any atom is 0.474 e. The van der Waals surface area contributed by atoms with Crippen LogP contribution in [0.3, 0.4) is 0 Å². The van der Waals surface area contributed by atoms with Crippen LogP contribution in [0.25, 0.3) is 0 Å². The third kappa shape index (κ3) is 9.30. The number of aromatic hydroxyl groups is 1. The van der Waals surface area contributed by atoms with Gasteiger partial charge in [-0.15, -0.1) is 0 Å². The molecule has 0 amide bonds. The molecule has 0 aliphatic carbocycles. The van der Waals surface area contributed by atoms with E-state index >= 15 is 0 Å². The van der Waals surface area contributed by atoms with Crippen molar-refractivity contribution in [2.75, 3.05) is 37.9 Å². The van der Waals surface area contributed by atoms with E-state index in [1.54, 1.807) is 32.0 Å². The largest absolute Gasteiger partial charge is 0.507 e. The molecule has 144 valence electrons. The average molecular weight is 412 g/mol. The van der Waals surface area contributed by atoms with Crippen LogP contribution in [-0.2, 0) is 22.9 Å². The smallest absolute Gasteiger partial charge is 0.474 e. The monoisotopic (exact) mass is 412 g/mol. The van der Waals surface area contributed by atoms with Gasteiger partial charge >= 0.3 is 7.82 Å². The first-order valence-corrected chi connectivity index (χ1v) is 11.8. The molecule has 1 rings (SSSR count). The lowest BCUT2D eigenvalue weighted by atomic mass is 10.2. The SMILES string of the molecule is CCOP(=O)(OCC)OCCSSCCOC(O)c1ccccc1O. The van der Waals surface area contributed by atoms with Crippen LogP contribution in [0.5, 0.6) is 5.75 Å². The Bertz CT molecular complexity index is 522. The number of rotatable bonds is 14. The van der Waals surface area contributed by atoms with Gasteiger partial charge in [0, 0.05) is 17.1 Å². The van der Waals surface area contributed by atoms with Gasteiger partial charge in [0.25, 0.3) is 0 Å². The molecule has 0 saturated heterocycles.